The van der Waals surface area contributed by atoms with Crippen LogP contribution in [0.25, 0.3) is 0 Å². The number of hydrogen-bond donors (Lipinski definition) is 1. The van der Waals surface area contributed by atoms with Crippen molar-refractivity contribution in [2.75, 3.05) is 38.0 Å². The van der Waals surface area contributed by atoms with E-state index in [1.165, 1.54) is 8.61 Å². The van der Waals surface area contributed by atoms with Crippen molar-refractivity contribution < 1.29 is 8.42 Å². The van der Waals surface area contributed by atoms with E-state index in [9.17, 15) is 8.42 Å². The first-order valence-corrected chi connectivity index (χ1v) is 8.29. The molecule has 0 spiro atoms. The number of aryl methyl sites for hydroxylation is 1. The zero-order valence-electron chi connectivity index (χ0n) is 12.8. The standard InChI is InChI=1S/C14H25N3O2S/c1-5-17(14-10-7-6-9-13(14)2)20(18,19)16(4)12-8-11-15-3/h6-7,9-10,15H,5,8,11-12H2,1-4H3. The molecule has 0 heterocycles. The van der Waals surface area contributed by atoms with E-state index >= 15 is 0 Å². The third-order valence-corrected chi connectivity index (χ3v) is 5.23. The minimum absolute atomic E-state index is 0.420. The van der Waals surface area contributed by atoms with Gasteiger partial charge >= 0.3 is 10.2 Å². The van der Waals surface area contributed by atoms with Gasteiger partial charge in [0.25, 0.3) is 0 Å². The van der Waals surface area contributed by atoms with Gasteiger partial charge in [-0.05, 0) is 45.5 Å². The molecule has 0 radical (unpaired) electrons. The molecule has 0 aliphatic heterocycles. The third kappa shape index (κ3) is 3.94. The Morgan fingerprint density at radius 1 is 1.25 bits per heavy atom. The summed E-state index contributed by atoms with van der Waals surface area (Å²) in [5, 5.41) is 3.02. The van der Waals surface area contributed by atoms with Crippen molar-refractivity contribution in [1.82, 2.24) is 9.62 Å². The fourth-order valence-corrected chi connectivity index (χ4v) is 3.54. The second kappa shape index (κ2) is 7.61. The Hall–Kier alpha value is -1.11. The number of para-hydroxylation sites is 1. The van der Waals surface area contributed by atoms with E-state index in [1.807, 2.05) is 45.2 Å². The van der Waals surface area contributed by atoms with Crippen molar-refractivity contribution in [2.24, 2.45) is 0 Å². The predicted molar refractivity (Wildman–Crippen MR) is 84.3 cm³/mol. The third-order valence-electron chi connectivity index (χ3n) is 3.24. The molecule has 1 aromatic carbocycles. The molecule has 1 N–H and O–H groups in total. The minimum Gasteiger partial charge on any atom is -0.320 e. The monoisotopic (exact) mass is 299 g/mol. The van der Waals surface area contributed by atoms with Crippen LogP contribution in [0.5, 0.6) is 0 Å². The Labute approximate surface area is 122 Å². The van der Waals surface area contributed by atoms with Crippen molar-refractivity contribution in [2.45, 2.75) is 20.3 Å². The van der Waals surface area contributed by atoms with E-state index in [0.29, 0.717) is 13.1 Å². The molecule has 0 bridgehead atoms. The molecule has 20 heavy (non-hydrogen) atoms. The lowest BCUT2D eigenvalue weighted by Gasteiger charge is -2.29. The average molecular weight is 299 g/mol. The zero-order valence-corrected chi connectivity index (χ0v) is 13.6. The van der Waals surface area contributed by atoms with E-state index in [1.54, 1.807) is 7.05 Å². The summed E-state index contributed by atoms with van der Waals surface area (Å²) < 4.78 is 28.2. The van der Waals surface area contributed by atoms with E-state index in [0.717, 1.165) is 24.2 Å². The fourth-order valence-electron chi connectivity index (χ4n) is 2.06. The van der Waals surface area contributed by atoms with Crippen LogP contribution in [0, 0.1) is 6.92 Å². The topological polar surface area (TPSA) is 52.7 Å². The maximum Gasteiger partial charge on any atom is 0.303 e. The highest BCUT2D eigenvalue weighted by Gasteiger charge is 2.26. The van der Waals surface area contributed by atoms with E-state index in [2.05, 4.69) is 5.32 Å². The second-order valence-corrected chi connectivity index (χ2v) is 6.70. The Morgan fingerprint density at radius 3 is 2.45 bits per heavy atom. The molecule has 0 aliphatic carbocycles. The van der Waals surface area contributed by atoms with Crippen LogP contribution in [-0.4, -0.2) is 46.5 Å². The number of nitrogens with one attached hydrogen (secondary N) is 1. The van der Waals surface area contributed by atoms with E-state index in [-0.39, 0.29) is 0 Å². The first kappa shape index (κ1) is 16.9. The summed E-state index contributed by atoms with van der Waals surface area (Å²) in [5.74, 6) is 0. The van der Waals surface area contributed by atoms with E-state index < -0.39 is 10.2 Å². The van der Waals surface area contributed by atoms with Crippen LogP contribution >= 0.6 is 0 Å². The fraction of sp³-hybridized carbons (Fsp3) is 0.571. The normalized spacial score (nSPS) is 11.8. The van der Waals surface area contributed by atoms with Gasteiger partial charge in [-0.15, -0.1) is 0 Å². The highest BCUT2D eigenvalue weighted by atomic mass is 32.2. The lowest BCUT2D eigenvalue weighted by molar-refractivity contribution is 0.455. The molecule has 0 unspecified atom stereocenters. The molecule has 0 aliphatic rings. The summed E-state index contributed by atoms with van der Waals surface area (Å²) in [5.41, 5.74) is 1.71. The summed E-state index contributed by atoms with van der Waals surface area (Å²) in [6.07, 6.45) is 0.789. The molecule has 0 amide bonds. The minimum atomic E-state index is -3.47. The summed E-state index contributed by atoms with van der Waals surface area (Å²) in [4.78, 5) is 0. The maximum absolute atomic E-state index is 12.6. The van der Waals surface area contributed by atoms with Crippen molar-refractivity contribution in [3.8, 4) is 0 Å². The molecule has 6 heteroatoms. The molecule has 0 saturated heterocycles. The van der Waals surface area contributed by atoms with Gasteiger partial charge in [-0.25, -0.2) is 0 Å². The molecule has 1 rings (SSSR count). The summed E-state index contributed by atoms with van der Waals surface area (Å²) >= 11 is 0. The molecule has 0 aromatic heterocycles. The van der Waals surface area contributed by atoms with Gasteiger partial charge < -0.3 is 5.32 Å². The summed E-state index contributed by atoms with van der Waals surface area (Å²) in [6, 6.07) is 7.55. The molecule has 1 aromatic rings. The molecule has 0 saturated carbocycles. The predicted octanol–water partition coefficient (Wildman–Crippen LogP) is 1.61. The van der Waals surface area contributed by atoms with Gasteiger partial charge in [0.05, 0.1) is 5.69 Å². The van der Waals surface area contributed by atoms with Crippen LogP contribution in [0.3, 0.4) is 0 Å². The number of anilines is 1. The van der Waals surface area contributed by atoms with E-state index in [4.69, 9.17) is 0 Å². The first-order chi connectivity index (χ1) is 9.45. The molecule has 114 valence electrons. The Morgan fingerprint density at radius 2 is 1.90 bits per heavy atom. The van der Waals surface area contributed by atoms with Gasteiger partial charge in [0.1, 0.15) is 0 Å². The van der Waals surface area contributed by atoms with Gasteiger partial charge in [0, 0.05) is 20.1 Å². The Balaban J connectivity index is 2.96. The van der Waals surface area contributed by atoms with Crippen LogP contribution in [0.2, 0.25) is 0 Å². The van der Waals surface area contributed by atoms with Crippen LogP contribution in [0.1, 0.15) is 18.9 Å². The highest BCUT2D eigenvalue weighted by molar-refractivity contribution is 7.90. The van der Waals surface area contributed by atoms with Crippen LogP contribution in [0.15, 0.2) is 24.3 Å². The first-order valence-electron chi connectivity index (χ1n) is 6.89. The van der Waals surface area contributed by atoms with Crippen LogP contribution in [0.4, 0.5) is 5.69 Å². The van der Waals surface area contributed by atoms with Crippen molar-refractivity contribution in [3.63, 3.8) is 0 Å². The second-order valence-electron chi connectivity index (χ2n) is 4.74. The van der Waals surface area contributed by atoms with Crippen molar-refractivity contribution in [1.29, 1.82) is 0 Å². The average Bonchev–Trinajstić information content (AvgIpc) is 2.41. The van der Waals surface area contributed by atoms with Crippen LogP contribution in [-0.2, 0) is 10.2 Å². The maximum atomic E-state index is 12.6. The van der Waals surface area contributed by atoms with Gasteiger partial charge in [-0.3, -0.25) is 4.31 Å². The summed E-state index contributed by atoms with van der Waals surface area (Å²) in [7, 11) is 0.0239. The lowest BCUT2D eigenvalue weighted by Crippen LogP contribution is -2.43. The smallest absolute Gasteiger partial charge is 0.303 e. The van der Waals surface area contributed by atoms with Gasteiger partial charge in [-0.2, -0.15) is 12.7 Å². The molecule has 0 atom stereocenters. The summed E-state index contributed by atoms with van der Waals surface area (Å²) in [6.45, 7) is 5.51. The van der Waals surface area contributed by atoms with Crippen molar-refractivity contribution >= 4 is 15.9 Å². The molecule has 0 fully saturated rings. The van der Waals surface area contributed by atoms with Gasteiger partial charge in [0.2, 0.25) is 0 Å². The van der Waals surface area contributed by atoms with Gasteiger partial charge in [0.15, 0.2) is 0 Å². The SMILES string of the molecule is CCN(c1ccccc1C)S(=O)(=O)N(C)CCCNC. The number of hydrogen-bond acceptors (Lipinski definition) is 3. The molecular weight excluding hydrogens is 274 g/mol. The lowest BCUT2D eigenvalue weighted by atomic mass is 10.2. The van der Waals surface area contributed by atoms with Crippen LogP contribution < -0.4 is 9.62 Å². The largest absolute Gasteiger partial charge is 0.320 e. The Kier molecular flexibility index (Phi) is 6.45. The molecule has 5 nitrogen and oxygen atoms in total. The number of benzene rings is 1. The van der Waals surface area contributed by atoms with Crippen molar-refractivity contribution in [3.05, 3.63) is 29.8 Å². The molecular formula is C14H25N3O2S. The Bertz CT molecular complexity index is 517. The quantitative estimate of drug-likeness (QED) is 0.742. The zero-order chi connectivity index (χ0) is 15.2. The highest BCUT2D eigenvalue weighted by Crippen LogP contribution is 2.23. The van der Waals surface area contributed by atoms with Gasteiger partial charge in [-0.1, -0.05) is 18.2 Å². The number of rotatable bonds is 8. The number of nitrogens with zero attached hydrogens (tertiary/aromatic N) is 2.